The van der Waals surface area contributed by atoms with Crippen molar-refractivity contribution >= 4 is 28.6 Å². The molecule has 0 aliphatic heterocycles. The zero-order valence-electron chi connectivity index (χ0n) is 20.1. The lowest BCUT2D eigenvalue weighted by Gasteiger charge is -2.25. The zero-order valence-corrected chi connectivity index (χ0v) is 20.1. The van der Waals surface area contributed by atoms with Crippen LogP contribution in [0.4, 0.5) is 5.69 Å². The van der Waals surface area contributed by atoms with E-state index in [2.05, 4.69) is 11.9 Å². The number of para-hydroxylation sites is 3. The molecule has 0 saturated heterocycles. The number of carbonyl (C=O) groups excluding carboxylic acids is 2. The first-order valence-electron chi connectivity index (χ1n) is 11.9. The van der Waals surface area contributed by atoms with Crippen LogP contribution in [0.25, 0.3) is 11.0 Å². The normalized spacial score (nSPS) is 11.6. The molecular formula is C27H30N4O4. The number of hydrogen-bond donors (Lipinski definition) is 0. The molecule has 0 radical (unpaired) electrons. The van der Waals surface area contributed by atoms with Crippen LogP contribution < -0.4 is 10.5 Å². The van der Waals surface area contributed by atoms with Gasteiger partial charge in [0.15, 0.2) is 6.10 Å². The van der Waals surface area contributed by atoms with Crippen molar-refractivity contribution in [2.24, 2.45) is 0 Å². The fraction of sp³-hybridized carbons (Fsp3) is 0.370. The van der Waals surface area contributed by atoms with Crippen molar-refractivity contribution in [3.63, 3.8) is 0 Å². The van der Waals surface area contributed by atoms with Gasteiger partial charge in [0.1, 0.15) is 5.69 Å². The molecule has 1 unspecified atom stereocenters. The number of unbranched alkanes of at least 4 members (excludes halogenated alkanes) is 1. The Balaban J connectivity index is 1.69. The average molecular weight is 475 g/mol. The molecule has 1 aromatic heterocycles. The molecule has 0 bridgehead atoms. The summed E-state index contributed by atoms with van der Waals surface area (Å²) in [5.74, 6) is -1.00. The molecule has 0 aliphatic rings. The van der Waals surface area contributed by atoms with Crippen LogP contribution in [0.15, 0.2) is 59.4 Å². The van der Waals surface area contributed by atoms with E-state index in [1.54, 1.807) is 28.8 Å². The maximum Gasteiger partial charge on any atom is 0.306 e. The zero-order chi connectivity index (χ0) is 25.2. The third-order valence-electron chi connectivity index (χ3n) is 5.66. The van der Waals surface area contributed by atoms with E-state index >= 15 is 0 Å². The SMILES string of the molecule is CCCCn1c(=O)c(CCC(=O)OC(C)C(=O)N(CCC#N)c2ccccc2)nc2ccccc21. The summed E-state index contributed by atoms with van der Waals surface area (Å²) in [7, 11) is 0. The van der Waals surface area contributed by atoms with Crippen LogP contribution in [-0.4, -0.2) is 34.1 Å². The van der Waals surface area contributed by atoms with Gasteiger partial charge in [-0.15, -0.1) is 0 Å². The predicted octanol–water partition coefficient (Wildman–Crippen LogP) is 4.01. The molecule has 0 aliphatic carbocycles. The van der Waals surface area contributed by atoms with Crippen molar-refractivity contribution in [2.45, 2.75) is 58.6 Å². The molecule has 35 heavy (non-hydrogen) atoms. The number of amides is 1. The first-order chi connectivity index (χ1) is 17.0. The van der Waals surface area contributed by atoms with E-state index in [1.807, 2.05) is 36.4 Å². The molecule has 0 N–H and O–H groups in total. The highest BCUT2D eigenvalue weighted by Gasteiger charge is 2.25. The van der Waals surface area contributed by atoms with Gasteiger partial charge in [-0.25, -0.2) is 4.98 Å². The molecule has 3 aromatic rings. The van der Waals surface area contributed by atoms with Gasteiger partial charge in [-0.1, -0.05) is 43.7 Å². The van der Waals surface area contributed by atoms with Crippen LogP contribution in [0.1, 0.15) is 45.2 Å². The topological polar surface area (TPSA) is 105 Å². The van der Waals surface area contributed by atoms with Crippen molar-refractivity contribution in [3.8, 4) is 6.07 Å². The van der Waals surface area contributed by atoms with Gasteiger partial charge in [0.25, 0.3) is 11.5 Å². The Morgan fingerprint density at radius 1 is 1.14 bits per heavy atom. The molecule has 1 amide bonds. The Morgan fingerprint density at radius 3 is 2.57 bits per heavy atom. The number of carbonyl (C=O) groups is 2. The van der Waals surface area contributed by atoms with E-state index in [1.165, 1.54) is 11.8 Å². The maximum absolute atomic E-state index is 13.0. The van der Waals surface area contributed by atoms with Gasteiger partial charge in [0, 0.05) is 25.2 Å². The molecule has 8 nitrogen and oxygen atoms in total. The molecule has 0 spiro atoms. The van der Waals surface area contributed by atoms with Crippen molar-refractivity contribution < 1.29 is 14.3 Å². The first kappa shape index (κ1) is 25.6. The number of esters is 1. The fourth-order valence-electron chi connectivity index (χ4n) is 3.83. The highest BCUT2D eigenvalue weighted by Crippen LogP contribution is 2.17. The molecule has 182 valence electrons. The number of nitrogens with zero attached hydrogens (tertiary/aromatic N) is 4. The summed E-state index contributed by atoms with van der Waals surface area (Å²) in [6, 6.07) is 18.4. The Kier molecular flexibility index (Phi) is 9.13. The Bertz CT molecular complexity index is 1260. The number of hydrogen-bond acceptors (Lipinski definition) is 6. The molecular weight excluding hydrogens is 444 g/mol. The van der Waals surface area contributed by atoms with E-state index in [0.717, 1.165) is 18.4 Å². The van der Waals surface area contributed by atoms with Crippen LogP contribution in [-0.2, 0) is 27.3 Å². The number of anilines is 1. The monoisotopic (exact) mass is 474 g/mol. The number of aryl methyl sites for hydroxylation is 2. The van der Waals surface area contributed by atoms with Crippen LogP contribution >= 0.6 is 0 Å². The minimum atomic E-state index is -1.04. The van der Waals surface area contributed by atoms with Crippen molar-refractivity contribution in [2.75, 3.05) is 11.4 Å². The van der Waals surface area contributed by atoms with Gasteiger partial charge in [-0.05, 0) is 37.6 Å². The lowest BCUT2D eigenvalue weighted by molar-refractivity contribution is -0.153. The Morgan fingerprint density at radius 2 is 1.86 bits per heavy atom. The van der Waals surface area contributed by atoms with Crippen LogP contribution in [0.5, 0.6) is 0 Å². The fourth-order valence-corrected chi connectivity index (χ4v) is 3.83. The molecule has 1 heterocycles. The summed E-state index contributed by atoms with van der Waals surface area (Å²) in [4.78, 5) is 44.5. The Hall–Kier alpha value is -3.99. The number of benzene rings is 2. The number of rotatable bonds is 11. The molecule has 0 saturated carbocycles. The van der Waals surface area contributed by atoms with Gasteiger partial charge in [0.05, 0.1) is 29.9 Å². The average Bonchev–Trinajstić information content (AvgIpc) is 2.87. The summed E-state index contributed by atoms with van der Waals surface area (Å²) in [5, 5.41) is 8.96. The molecule has 2 aromatic carbocycles. The van der Waals surface area contributed by atoms with Crippen LogP contribution in [0.2, 0.25) is 0 Å². The second-order valence-corrected chi connectivity index (χ2v) is 8.22. The van der Waals surface area contributed by atoms with E-state index in [0.29, 0.717) is 23.4 Å². The molecule has 8 heteroatoms. The van der Waals surface area contributed by atoms with Crippen LogP contribution in [0, 0.1) is 11.3 Å². The third kappa shape index (κ3) is 6.54. The highest BCUT2D eigenvalue weighted by molar-refractivity contribution is 5.97. The molecule has 0 fully saturated rings. The minimum absolute atomic E-state index is 0.0739. The van der Waals surface area contributed by atoms with Gasteiger partial charge >= 0.3 is 5.97 Å². The van der Waals surface area contributed by atoms with E-state index in [4.69, 9.17) is 10.00 Å². The largest absolute Gasteiger partial charge is 0.453 e. The maximum atomic E-state index is 13.0. The second-order valence-electron chi connectivity index (χ2n) is 8.22. The van der Waals surface area contributed by atoms with Gasteiger partial charge in [-0.2, -0.15) is 5.26 Å². The summed E-state index contributed by atoms with van der Waals surface area (Å²) in [6.07, 6.45) is 0.970. The van der Waals surface area contributed by atoms with Crippen molar-refractivity contribution in [1.29, 1.82) is 5.26 Å². The summed E-state index contributed by atoms with van der Waals surface area (Å²) >= 11 is 0. The van der Waals surface area contributed by atoms with Crippen molar-refractivity contribution in [3.05, 3.63) is 70.6 Å². The van der Waals surface area contributed by atoms with Crippen molar-refractivity contribution in [1.82, 2.24) is 9.55 Å². The van der Waals surface area contributed by atoms with Gasteiger partial charge < -0.3 is 14.2 Å². The lowest BCUT2D eigenvalue weighted by Crippen LogP contribution is -2.40. The van der Waals surface area contributed by atoms with Crippen LogP contribution in [0.3, 0.4) is 0 Å². The summed E-state index contributed by atoms with van der Waals surface area (Å²) < 4.78 is 7.10. The highest BCUT2D eigenvalue weighted by atomic mass is 16.5. The van der Waals surface area contributed by atoms with E-state index < -0.39 is 18.0 Å². The van der Waals surface area contributed by atoms with Gasteiger partial charge in [0.2, 0.25) is 0 Å². The summed E-state index contributed by atoms with van der Waals surface area (Å²) in [5.41, 5.74) is 2.20. The second kappa shape index (κ2) is 12.5. The molecule has 3 rings (SSSR count). The number of fused-ring (bicyclic) bond motifs is 1. The van der Waals surface area contributed by atoms with Gasteiger partial charge in [-0.3, -0.25) is 14.4 Å². The lowest BCUT2D eigenvalue weighted by atomic mass is 10.2. The number of aromatic nitrogens is 2. The Labute approximate surface area is 204 Å². The minimum Gasteiger partial charge on any atom is -0.453 e. The predicted molar refractivity (Wildman–Crippen MR) is 134 cm³/mol. The van der Waals surface area contributed by atoms with E-state index in [9.17, 15) is 14.4 Å². The smallest absolute Gasteiger partial charge is 0.306 e. The quantitative estimate of drug-likeness (QED) is 0.389. The standard InChI is InChI=1S/C27H30N4O4/c1-3-4-18-31-24-14-9-8-13-22(24)29-23(27(31)34)15-16-25(32)35-20(2)26(33)30(19-10-17-28)21-11-6-5-7-12-21/h5-9,11-14,20H,3-4,10,15-16,18-19H2,1-2H3. The third-order valence-corrected chi connectivity index (χ3v) is 5.66. The number of nitriles is 1. The van der Waals surface area contributed by atoms with E-state index in [-0.39, 0.29) is 31.4 Å². The summed E-state index contributed by atoms with van der Waals surface area (Å²) in [6.45, 7) is 4.35. The first-order valence-corrected chi connectivity index (χ1v) is 11.9. The molecule has 1 atom stereocenters. The number of ether oxygens (including phenoxy) is 1.